The van der Waals surface area contributed by atoms with E-state index in [1.807, 2.05) is 0 Å². The van der Waals surface area contributed by atoms with Gasteiger partial charge in [-0.2, -0.15) is 18.3 Å². The molecular formula is C16H15F3N4O3. The quantitative estimate of drug-likeness (QED) is 0.814. The number of ether oxygens (including phenoxy) is 1. The summed E-state index contributed by atoms with van der Waals surface area (Å²) in [4.78, 5) is 23.8. The molecule has 26 heavy (non-hydrogen) atoms. The van der Waals surface area contributed by atoms with Crippen LogP contribution in [0.1, 0.15) is 17.3 Å². The Labute approximate surface area is 146 Å². The number of anilines is 2. The first-order chi connectivity index (χ1) is 12.2. The van der Waals surface area contributed by atoms with E-state index in [1.54, 1.807) is 6.92 Å². The molecule has 10 heteroatoms. The zero-order valence-corrected chi connectivity index (χ0v) is 13.8. The Hall–Kier alpha value is -3.04. The lowest BCUT2D eigenvalue weighted by Gasteiger charge is -2.26. The Bertz CT molecular complexity index is 876. The van der Waals surface area contributed by atoms with Gasteiger partial charge in [0.25, 0.3) is 0 Å². The highest BCUT2D eigenvalue weighted by molar-refractivity contribution is 6.08. The van der Waals surface area contributed by atoms with Gasteiger partial charge < -0.3 is 15.4 Å². The number of methoxy groups -OCH3 is 1. The summed E-state index contributed by atoms with van der Waals surface area (Å²) in [5, 5.41) is 9.38. The third kappa shape index (κ3) is 3.48. The zero-order valence-electron chi connectivity index (χ0n) is 13.8. The van der Waals surface area contributed by atoms with E-state index in [2.05, 4.69) is 15.7 Å². The van der Waals surface area contributed by atoms with Crippen molar-refractivity contribution < 1.29 is 27.5 Å². The summed E-state index contributed by atoms with van der Waals surface area (Å²) in [6.45, 7) is 0.412. The maximum absolute atomic E-state index is 12.6. The molecule has 0 bridgehead atoms. The second-order valence-electron chi connectivity index (χ2n) is 5.83. The molecule has 138 valence electrons. The molecule has 2 aromatic rings. The number of carbonyl (C=O) groups excluding carboxylic acids is 2. The fourth-order valence-corrected chi connectivity index (χ4v) is 2.66. The van der Waals surface area contributed by atoms with Gasteiger partial charge in [-0.15, -0.1) is 0 Å². The summed E-state index contributed by atoms with van der Waals surface area (Å²) in [6, 6.07) is 2.38. The average Bonchev–Trinajstić information content (AvgIpc) is 3.00. The Balaban J connectivity index is 2.09. The highest BCUT2D eigenvalue weighted by Crippen LogP contribution is 2.38. The van der Waals surface area contributed by atoms with E-state index in [0.29, 0.717) is 22.5 Å². The zero-order chi connectivity index (χ0) is 19.1. The van der Waals surface area contributed by atoms with E-state index in [9.17, 15) is 22.8 Å². The van der Waals surface area contributed by atoms with E-state index in [-0.39, 0.29) is 11.5 Å². The van der Waals surface area contributed by atoms with Crippen molar-refractivity contribution in [1.29, 1.82) is 0 Å². The Kier molecular flexibility index (Phi) is 4.34. The van der Waals surface area contributed by atoms with Crippen LogP contribution in [0.5, 0.6) is 0 Å². The number of alkyl halides is 3. The molecule has 0 aliphatic carbocycles. The van der Waals surface area contributed by atoms with Crippen LogP contribution in [0.2, 0.25) is 0 Å². The van der Waals surface area contributed by atoms with Crippen LogP contribution in [-0.2, 0) is 16.1 Å². The van der Waals surface area contributed by atoms with Gasteiger partial charge >= 0.3 is 12.1 Å². The standard InChI is InChI=1S/C16H15F3N4O3/c1-8-14(24)22-12-4-9(15(25)26-2)3-11(13(12)21-8)10-5-20-23(6-10)7-16(17,18)19/h3-6,8,21H,7H2,1-2H3,(H,22,24). The van der Waals surface area contributed by atoms with E-state index in [1.165, 1.54) is 31.6 Å². The van der Waals surface area contributed by atoms with Crippen LogP contribution in [-0.4, -0.2) is 41.0 Å². The van der Waals surface area contributed by atoms with Crippen molar-refractivity contribution in [3.05, 3.63) is 30.1 Å². The van der Waals surface area contributed by atoms with Crippen LogP contribution in [0.3, 0.4) is 0 Å². The summed E-state index contributed by atoms with van der Waals surface area (Å²) in [7, 11) is 1.21. The lowest BCUT2D eigenvalue weighted by Crippen LogP contribution is -2.36. The van der Waals surface area contributed by atoms with E-state index in [4.69, 9.17) is 4.74 Å². The van der Waals surface area contributed by atoms with Crippen molar-refractivity contribution in [1.82, 2.24) is 9.78 Å². The Morgan fingerprint density at radius 2 is 2.12 bits per heavy atom. The van der Waals surface area contributed by atoms with E-state index >= 15 is 0 Å². The van der Waals surface area contributed by atoms with Crippen molar-refractivity contribution in [2.45, 2.75) is 25.7 Å². The number of rotatable bonds is 3. The summed E-state index contributed by atoms with van der Waals surface area (Å²) in [6.07, 6.45) is -1.91. The first kappa shape index (κ1) is 17.8. The number of esters is 1. The van der Waals surface area contributed by atoms with Crippen LogP contribution in [0.4, 0.5) is 24.5 Å². The lowest BCUT2D eigenvalue weighted by molar-refractivity contribution is -0.142. The molecule has 2 heterocycles. The van der Waals surface area contributed by atoms with E-state index in [0.717, 1.165) is 4.68 Å². The summed E-state index contributed by atoms with van der Waals surface area (Å²) < 4.78 is 43.1. The van der Waals surface area contributed by atoms with Crippen molar-refractivity contribution in [3.63, 3.8) is 0 Å². The molecule has 1 amide bonds. The summed E-state index contributed by atoms with van der Waals surface area (Å²) in [5.74, 6) is -0.928. The van der Waals surface area contributed by atoms with Gasteiger partial charge in [-0.3, -0.25) is 9.48 Å². The fourth-order valence-electron chi connectivity index (χ4n) is 2.66. The minimum Gasteiger partial charge on any atom is -0.465 e. The SMILES string of the molecule is COC(=O)c1cc2c(c(-c3cnn(CC(F)(F)F)c3)c1)NC(C)C(=O)N2. The number of fused-ring (bicyclic) bond motifs is 1. The Morgan fingerprint density at radius 1 is 1.38 bits per heavy atom. The number of amides is 1. The van der Waals surface area contributed by atoms with Crippen LogP contribution in [0.15, 0.2) is 24.5 Å². The van der Waals surface area contributed by atoms with Crippen molar-refractivity contribution >= 4 is 23.3 Å². The van der Waals surface area contributed by atoms with Gasteiger partial charge in [0.15, 0.2) is 0 Å². The maximum atomic E-state index is 12.6. The highest BCUT2D eigenvalue weighted by atomic mass is 19.4. The molecule has 1 unspecified atom stereocenters. The highest BCUT2D eigenvalue weighted by Gasteiger charge is 2.29. The van der Waals surface area contributed by atoms with Crippen molar-refractivity contribution in [2.75, 3.05) is 17.7 Å². The third-order valence-corrected chi connectivity index (χ3v) is 3.86. The number of benzene rings is 1. The predicted molar refractivity (Wildman–Crippen MR) is 86.8 cm³/mol. The molecule has 1 aromatic carbocycles. The van der Waals surface area contributed by atoms with Crippen molar-refractivity contribution in [2.24, 2.45) is 0 Å². The van der Waals surface area contributed by atoms with Crippen LogP contribution in [0, 0.1) is 0 Å². The first-order valence-electron chi connectivity index (χ1n) is 7.61. The van der Waals surface area contributed by atoms with Crippen LogP contribution >= 0.6 is 0 Å². The molecule has 1 atom stereocenters. The largest absolute Gasteiger partial charge is 0.465 e. The maximum Gasteiger partial charge on any atom is 0.408 e. The van der Waals surface area contributed by atoms with E-state index < -0.39 is 24.7 Å². The molecule has 2 N–H and O–H groups in total. The molecule has 0 radical (unpaired) electrons. The first-order valence-corrected chi connectivity index (χ1v) is 7.61. The smallest absolute Gasteiger partial charge is 0.408 e. The second kappa shape index (κ2) is 6.36. The van der Waals surface area contributed by atoms with Gasteiger partial charge in [-0.05, 0) is 19.1 Å². The molecule has 0 saturated heterocycles. The molecule has 1 aliphatic rings. The van der Waals surface area contributed by atoms with Gasteiger partial charge in [0, 0.05) is 17.3 Å². The van der Waals surface area contributed by atoms with Gasteiger partial charge in [-0.1, -0.05) is 0 Å². The van der Waals surface area contributed by atoms with Gasteiger partial charge in [-0.25, -0.2) is 4.79 Å². The predicted octanol–water partition coefficient (Wildman–Crippen LogP) is 2.65. The van der Waals surface area contributed by atoms with Gasteiger partial charge in [0.05, 0.1) is 30.2 Å². The normalized spacial score (nSPS) is 16.5. The molecule has 1 aliphatic heterocycles. The van der Waals surface area contributed by atoms with Crippen molar-refractivity contribution in [3.8, 4) is 11.1 Å². The second-order valence-corrected chi connectivity index (χ2v) is 5.83. The number of aromatic nitrogens is 2. The molecule has 0 saturated carbocycles. The topological polar surface area (TPSA) is 85.2 Å². The lowest BCUT2D eigenvalue weighted by atomic mass is 9.99. The summed E-state index contributed by atoms with van der Waals surface area (Å²) in [5.41, 5.74) is 1.79. The number of halogens is 3. The van der Waals surface area contributed by atoms with Crippen LogP contribution < -0.4 is 10.6 Å². The van der Waals surface area contributed by atoms with Gasteiger partial charge in [0.1, 0.15) is 12.6 Å². The molecule has 0 spiro atoms. The van der Waals surface area contributed by atoms with Crippen LogP contribution in [0.25, 0.3) is 11.1 Å². The minimum atomic E-state index is -4.41. The number of hydrogen-bond acceptors (Lipinski definition) is 5. The average molecular weight is 368 g/mol. The van der Waals surface area contributed by atoms with Gasteiger partial charge in [0.2, 0.25) is 5.91 Å². The number of nitrogens with one attached hydrogen (secondary N) is 2. The molecule has 7 nitrogen and oxygen atoms in total. The summed E-state index contributed by atoms with van der Waals surface area (Å²) >= 11 is 0. The fraction of sp³-hybridized carbons (Fsp3) is 0.312. The minimum absolute atomic E-state index is 0.154. The number of carbonyl (C=O) groups is 2. The number of hydrogen-bond donors (Lipinski definition) is 2. The molecule has 1 aromatic heterocycles. The Morgan fingerprint density at radius 3 is 2.77 bits per heavy atom. The molecule has 3 rings (SSSR count). The number of nitrogens with zero attached hydrogens (tertiary/aromatic N) is 2. The molecule has 0 fully saturated rings. The monoisotopic (exact) mass is 368 g/mol. The molecular weight excluding hydrogens is 353 g/mol. The third-order valence-electron chi connectivity index (χ3n) is 3.86.